The van der Waals surface area contributed by atoms with Crippen molar-refractivity contribution in [2.75, 3.05) is 68.3 Å². The predicted molar refractivity (Wildman–Crippen MR) is 90.8 cm³/mol. The Morgan fingerprint density at radius 3 is 1.88 bits per heavy atom. The molecule has 0 aromatic carbocycles. The molecule has 0 rings (SSSR count). The molecule has 24 heavy (non-hydrogen) atoms. The van der Waals surface area contributed by atoms with E-state index in [4.69, 9.17) is 19.2 Å². The molecule has 148 valence electrons. The first-order chi connectivity index (χ1) is 11.7. The maximum atomic E-state index is 8.37. The van der Waals surface area contributed by atoms with Crippen molar-refractivity contribution in [3.8, 4) is 0 Å². The van der Waals surface area contributed by atoms with E-state index >= 15 is 0 Å². The number of hydroxylamine groups is 1. The lowest BCUT2D eigenvalue weighted by Gasteiger charge is -2.01. The van der Waals surface area contributed by atoms with Gasteiger partial charge in [0, 0.05) is 25.8 Å². The van der Waals surface area contributed by atoms with E-state index in [1.165, 1.54) is 14.2 Å². The number of ether oxygens (including phenoxy) is 4. The minimum absolute atomic E-state index is 0.244. The molecule has 0 aliphatic carbocycles. The van der Waals surface area contributed by atoms with Gasteiger partial charge in [0.1, 0.15) is 20.2 Å². The van der Waals surface area contributed by atoms with Crippen LogP contribution in [0.4, 0.5) is 0 Å². The minimum atomic E-state index is 0.244. The van der Waals surface area contributed by atoms with Crippen LogP contribution in [0.15, 0.2) is 9.11 Å². The first kappa shape index (κ1) is 31.1. The number of nitrogens with one attached hydrogen (secondary N) is 1. The molecule has 0 unspecified atom stereocenters. The smallest absolute Gasteiger partial charge is 0.146 e. The lowest BCUT2D eigenvalue weighted by Crippen LogP contribution is -2.13. The van der Waals surface area contributed by atoms with Crippen LogP contribution in [0.3, 0.4) is 0 Å². The summed E-state index contributed by atoms with van der Waals surface area (Å²) >= 11 is 7.53. The Morgan fingerprint density at radius 1 is 1.04 bits per heavy atom. The number of nitrogens with two attached hydrogens (primary N) is 1. The zero-order valence-electron chi connectivity index (χ0n) is 14.3. The van der Waals surface area contributed by atoms with Crippen molar-refractivity contribution < 1.29 is 33.7 Å². The molecular weight excluding hydrogens is 368 g/mol. The SMILES string of the molecule is CN.CNOCCOCOC.COCOCCOON=S.O=N[S-]. The quantitative estimate of drug-likeness (QED) is 0.106. The summed E-state index contributed by atoms with van der Waals surface area (Å²) in [6.07, 6.45) is 0. The molecule has 0 bridgehead atoms. The Kier molecular flexibility index (Phi) is 56.1. The summed E-state index contributed by atoms with van der Waals surface area (Å²) in [5, 5.41) is 0. The van der Waals surface area contributed by atoms with Crippen LogP contribution in [-0.4, -0.2) is 68.3 Å². The Balaban J connectivity index is -0.000000132. The Hall–Kier alpha value is -0.680. The maximum absolute atomic E-state index is 8.37. The van der Waals surface area contributed by atoms with Crippen LogP contribution < -0.4 is 11.2 Å². The van der Waals surface area contributed by atoms with E-state index in [1.807, 2.05) is 4.58 Å². The summed E-state index contributed by atoms with van der Waals surface area (Å²) in [4.78, 5) is 21.5. The fourth-order valence-corrected chi connectivity index (χ4v) is 0.682. The van der Waals surface area contributed by atoms with E-state index in [2.05, 4.69) is 60.3 Å². The van der Waals surface area contributed by atoms with Crippen molar-refractivity contribution in [2.45, 2.75) is 0 Å². The van der Waals surface area contributed by atoms with Gasteiger partial charge in [-0.2, -0.15) is 9.79 Å². The molecule has 0 amide bonds. The standard InChI is InChI=1S/C5H13NO3.C4H9NO4S.CH5N.HNOS/c1-6-9-4-3-8-5-7-2;1-6-4-7-2-3-8-9-5-10;1-2;2-1-3/h6H,3-5H2,1-2H3;2-4H2,1H3;2H2,1H3;(H,2,3)/p-1. The molecule has 14 heteroatoms. The van der Waals surface area contributed by atoms with Gasteiger partial charge in [-0.15, -0.1) is 0 Å². The molecule has 3 N–H and O–H groups in total. The van der Waals surface area contributed by atoms with Gasteiger partial charge in [-0.25, -0.2) is 15.1 Å². The maximum Gasteiger partial charge on any atom is 0.146 e. The fourth-order valence-electron chi connectivity index (χ4n) is 0.639. The average Bonchev–Trinajstić information content (AvgIpc) is 2.61. The van der Waals surface area contributed by atoms with Gasteiger partial charge in [-0.3, -0.25) is 4.84 Å². The second-order valence-electron chi connectivity index (χ2n) is 2.73. The number of nitrogens with zero attached hydrogens (tertiary/aromatic N) is 2. The highest BCUT2D eigenvalue weighted by Crippen LogP contribution is 1.80. The van der Waals surface area contributed by atoms with Crippen LogP contribution in [-0.2, 0) is 58.9 Å². The molecule has 0 aliphatic rings. The van der Waals surface area contributed by atoms with Gasteiger partial charge < -0.3 is 37.5 Å². The largest absolute Gasteiger partial charge is 0.622 e. The third kappa shape index (κ3) is 58.0. The fraction of sp³-hybridized carbons (Fsp3) is 1.00. The molecule has 0 aromatic rings. The summed E-state index contributed by atoms with van der Waals surface area (Å²) in [5.41, 5.74) is 7.02. The van der Waals surface area contributed by atoms with E-state index in [0.29, 0.717) is 26.6 Å². The molecule has 0 heterocycles. The number of methoxy groups -OCH3 is 2. The molecule has 0 atom stereocenters. The van der Waals surface area contributed by atoms with Gasteiger partial charge in [-0.1, -0.05) is 0 Å². The van der Waals surface area contributed by atoms with Gasteiger partial charge in [-0.05, 0) is 7.05 Å². The van der Waals surface area contributed by atoms with Crippen LogP contribution in [0.25, 0.3) is 0 Å². The van der Waals surface area contributed by atoms with Gasteiger partial charge in [0.2, 0.25) is 0 Å². The normalized spacial score (nSPS) is 8.38. The lowest BCUT2D eigenvalue weighted by molar-refractivity contribution is -0.299. The topological polar surface area (TPSA) is 144 Å². The van der Waals surface area contributed by atoms with E-state index in [9.17, 15) is 0 Å². The third-order valence-corrected chi connectivity index (χ3v) is 1.33. The van der Waals surface area contributed by atoms with Crippen LogP contribution in [0.2, 0.25) is 0 Å². The Morgan fingerprint density at radius 2 is 1.50 bits per heavy atom. The highest BCUT2D eigenvalue weighted by atomic mass is 32.1. The van der Waals surface area contributed by atoms with E-state index in [-0.39, 0.29) is 13.4 Å². The number of rotatable bonds is 13. The van der Waals surface area contributed by atoms with Crippen molar-refractivity contribution in [3.63, 3.8) is 0 Å². The predicted octanol–water partition coefficient (Wildman–Crippen LogP) is -0.252. The van der Waals surface area contributed by atoms with Crippen LogP contribution in [0.1, 0.15) is 0 Å². The molecule has 12 nitrogen and oxygen atoms in total. The molecule has 0 fully saturated rings. The summed E-state index contributed by atoms with van der Waals surface area (Å²) in [6.45, 7) is 2.33. The third-order valence-electron chi connectivity index (χ3n) is 1.27. The summed E-state index contributed by atoms with van der Waals surface area (Å²) in [5.74, 6) is 0. The number of hydrogen-bond donors (Lipinski definition) is 2. The van der Waals surface area contributed by atoms with Gasteiger partial charge >= 0.3 is 0 Å². The Bertz CT molecular complexity index is 206. The number of nitroso groups, excluding NO2 is 1. The molecular formula is C10H27N4O8S2-. The summed E-state index contributed by atoms with van der Waals surface area (Å²) in [7, 11) is 6.32. The van der Waals surface area contributed by atoms with Crippen LogP contribution >= 0.6 is 0 Å². The lowest BCUT2D eigenvalue weighted by atomic mass is 10.8. The van der Waals surface area contributed by atoms with Crippen molar-refractivity contribution >= 4 is 25.2 Å². The summed E-state index contributed by atoms with van der Waals surface area (Å²) in [6, 6.07) is 0. The van der Waals surface area contributed by atoms with E-state index < -0.39 is 0 Å². The van der Waals surface area contributed by atoms with Crippen LogP contribution in [0.5, 0.6) is 0 Å². The second kappa shape index (κ2) is 43.2. The van der Waals surface area contributed by atoms with Crippen molar-refractivity contribution in [1.82, 2.24) is 5.48 Å². The second-order valence-corrected chi connectivity index (χ2v) is 3.03. The summed E-state index contributed by atoms with van der Waals surface area (Å²) < 4.78 is 23.6. The first-order valence-corrected chi connectivity index (χ1v) is 7.03. The molecule has 0 radical (unpaired) electrons. The average molecular weight is 395 g/mol. The first-order valence-electron chi connectivity index (χ1n) is 6.30. The minimum Gasteiger partial charge on any atom is -0.622 e. The number of hydrogen-bond acceptors (Lipinski definition) is 14. The molecule has 0 spiro atoms. The van der Waals surface area contributed by atoms with Crippen LogP contribution in [0, 0.1) is 4.91 Å². The molecule has 0 aliphatic heterocycles. The van der Waals surface area contributed by atoms with Gasteiger partial charge in [0.25, 0.3) is 0 Å². The molecule has 0 saturated heterocycles. The molecule has 0 aromatic heterocycles. The van der Waals surface area contributed by atoms with Crippen molar-refractivity contribution in [1.29, 1.82) is 0 Å². The monoisotopic (exact) mass is 395 g/mol. The Labute approximate surface area is 153 Å². The van der Waals surface area contributed by atoms with Gasteiger partial charge in [0.05, 0.1) is 32.2 Å². The zero-order valence-corrected chi connectivity index (χ0v) is 15.9. The zero-order chi connectivity index (χ0) is 19.3. The van der Waals surface area contributed by atoms with E-state index in [1.54, 1.807) is 14.2 Å². The van der Waals surface area contributed by atoms with Crippen molar-refractivity contribution in [3.05, 3.63) is 4.91 Å². The molecule has 0 saturated carbocycles. The highest BCUT2D eigenvalue weighted by molar-refractivity contribution is 7.56. The van der Waals surface area contributed by atoms with Crippen molar-refractivity contribution in [2.24, 2.45) is 14.8 Å². The van der Waals surface area contributed by atoms with E-state index in [0.717, 1.165) is 0 Å². The van der Waals surface area contributed by atoms with Gasteiger partial charge in [0.15, 0.2) is 0 Å². The highest BCUT2D eigenvalue weighted by Gasteiger charge is 1.87.